The fraction of sp³-hybridized carbons (Fsp3) is 0.517. The molecule has 0 bridgehead atoms. The van der Waals surface area contributed by atoms with Crippen LogP contribution in [0.2, 0.25) is 0 Å². The molecule has 4 fully saturated rings. The van der Waals surface area contributed by atoms with Gasteiger partial charge in [-0.25, -0.2) is 4.52 Å². The maximum absolute atomic E-state index is 12.4. The van der Waals surface area contributed by atoms with Gasteiger partial charge in [-0.3, -0.25) is 9.69 Å². The normalized spacial score (nSPS) is 21.8. The Kier molecular flexibility index (Phi) is 5.07. The lowest BCUT2D eigenvalue weighted by Crippen LogP contribution is -2.73. The number of piperazine rings is 1. The van der Waals surface area contributed by atoms with E-state index in [4.69, 9.17) is 0 Å². The van der Waals surface area contributed by atoms with E-state index in [-0.39, 0.29) is 0 Å². The molecule has 188 valence electrons. The molecule has 7 nitrogen and oxygen atoms in total. The van der Waals surface area contributed by atoms with E-state index in [1.54, 1.807) is 0 Å². The van der Waals surface area contributed by atoms with Gasteiger partial charge in [0.1, 0.15) is 0 Å². The zero-order valence-corrected chi connectivity index (χ0v) is 21.4. The third-order valence-corrected chi connectivity index (χ3v) is 8.77. The maximum atomic E-state index is 12.4. The minimum Gasteiger partial charge on any atom is -0.370 e. The second-order valence-corrected chi connectivity index (χ2v) is 11.8. The molecular formula is C29H36N6O. The summed E-state index contributed by atoms with van der Waals surface area (Å²) in [6.07, 6.45) is 6.17. The molecule has 3 aromatic rings. The molecule has 7 rings (SSSR count). The van der Waals surface area contributed by atoms with Gasteiger partial charge in [0.05, 0.1) is 11.2 Å². The first-order chi connectivity index (χ1) is 17.5. The molecule has 0 atom stereocenters. The average molecular weight is 485 g/mol. The van der Waals surface area contributed by atoms with E-state index in [1.807, 2.05) is 10.7 Å². The zero-order valence-electron chi connectivity index (χ0n) is 21.4. The van der Waals surface area contributed by atoms with Gasteiger partial charge in [0.25, 0.3) is 0 Å². The van der Waals surface area contributed by atoms with Crippen molar-refractivity contribution in [3.05, 3.63) is 48.8 Å². The monoisotopic (exact) mass is 484 g/mol. The lowest BCUT2D eigenvalue weighted by Gasteiger charge is -2.62. The van der Waals surface area contributed by atoms with Crippen LogP contribution in [0.1, 0.15) is 26.7 Å². The summed E-state index contributed by atoms with van der Waals surface area (Å²) >= 11 is 0. The van der Waals surface area contributed by atoms with Gasteiger partial charge in [-0.15, -0.1) is 0 Å². The molecule has 0 unspecified atom stereocenters. The minimum atomic E-state index is 0.305. The number of benzene rings is 1. The van der Waals surface area contributed by atoms with Gasteiger partial charge in [-0.1, -0.05) is 12.1 Å². The Balaban J connectivity index is 1.04. The van der Waals surface area contributed by atoms with Gasteiger partial charge in [-0.2, -0.15) is 5.10 Å². The number of rotatable bonds is 5. The Hall–Kier alpha value is -3.06. The quantitative estimate of drug-likeness (QED) is 0.554. The van der Waals surface area contributed by atoms with Crippen molar-refractivity contribution < 1.29 is 4.79 Å². The minimum absolute atomic E-state index is 0.305. The average Bonchev–Trinajstić information content (AvgIpc) is 3.60. The van der Waals surface area contributed by atoms with Crippen molar-refractivity contribution in [2.75, 3.05) is 62.2 Å². The molecule has 4 aliphatic rings. The van der Waals surface area contributed by atoms with Gasteiger partial charge < -0.3 is 14.7 Å². The van der Waals surface area contributed by atoms with Gasteiger partial charge in [-0.05, 0) is 56.5 Å². The number of amides is 1. The van der Waals surface area contributed by atoms with E-state index < -0.39 is 0 Å². The Morgan fingerprint density at radius 2 is 1.64 bits per heavy atom. The fourth-order valence-electron chi connectivity index (χ4n) is 6.37. The fourth-order valence-corrected chi connectivity index (χ4v) is 6.37. The number of hydrogen-bond acceptors (Lipinski definition) is 5. The highest BCUT2D eigenvalue weighted by Gasteiger charge is 2.52. The molecule has 36 heavy (non-hydrogen) atoms. The smallest absolute Gasteiger partial charge is 0.225 e. The summed E-state index contributed by atoms with van der Waals surface area (Å²) < 4.78 is 2.00. The highest BCUT2D eigenvalue weighted by Crippen LogP contribution is 2.43. The van der Waals surface area contributed by atoms with E-state index in [1.165, 1.54) is 48.7 Å². The molecule has 0 radical (unpaired) electrons. The van der Waals surface area contributed by atoms with Crippen LogP contribution in [-0.4, -0.2) is 83.7 Å². The largest absolute Gasteiger partial charge is 0.370 e. The van der Waals surface area contributed by atoms with Crippen LogP contribution in [0.15, 0.2) is 48.8 Å². The number of nitrogens with zero attached hydrogens (tertiary/aromatic N) is 6. The van der Waals surface area contributed by atoms with Crippen LogP contribution < -0.4 is 9.80 Å². The lowest BCUT2D eigenvalue weighted by molar-refractivity contribution is -0.132. The van der Waals surface area contributed by atoms with Crippen molar-refractivity contribution in [2.45, 2.75) is 32.7 Å². The predicted molar refractivity (Wildman–Crippen MR) is 143 cm³/mol. The number of fused-ring (bicyclic) bond motifs is 1. The molecular weight excluding hydrogens is 448 g/mol. The zero-order chi connectivity index (χ0) is 24.4. The maximum Gasteiger partial charge on any atom is 0.225 e. The molecule has 1 spiro atoms. The van der Waals surface area contributed by atoms with E-state index in [9.17, 15) is 4.79 Å². The van der Waals surface area contributed by atoms with E-state index in [0.29, 0.717) is 23.3 Å². The molecule has 1 aromatic carbocycles. The topological polar surface area (TPSA) is 47.3 Å². The molecule has 1 amide bonds. The Morgan fingerprint density at radius 3 is 2.31 bits per heavy atom. The van der Waals surface area contributed by atoms with Crippen molar-refractivity contribution in [1.82, 2.24) is 19.4 Å². The Bertz CT molecular complexity index is 1270. The van der Waals surface area contributed by atoms with Crippen molar-refractivity contribution in [3.8, 4) is 11.1 Å². The molecule has 3 aliphatic heterocycles. The van der Waals surface area contributed by atoms with Crippen LogP contribution in [0, 0.1) is 11.3 Å². The number of aromatic nitrogens is 2. The number of hydrogen-bond donors (Lipinski definition) is 0. The van der Waals surface area contributed by atoms with Crippen molar-refractivity contribution in [2.24, 2.45) is 11.3 Å². The van der Waals surface area contributed by atoms with Crippen LogP contribution in [0.25, 0.3) is 16.6 Å². The third-order valence-electron chi connectivity index (χ3n) is 8.77. The van der Waals surface area contributed by atoms with Crippen molar-refractivity contribution in [3.63, 3.8) is 0 Å². The van der Waals surface area contributed by atoms with Gasteiger partial charge >= 0.3 is 0 Å². The summed E-state index contributed by atoms with van der Waals surface area (Å²) in [5, 5.41) is 4.59. The number of likely N-dealkylation sites (tertiary alicyclic amines) is 1. The highest BCUT2D eigenvalue weighted by atomic mass is 16.2. The van der Waals surface area contributed by atoms with Gasteiger partial charge in [0.15, 0.2) is 0 Å². The van der Waals surface area contributed by atoms with Crippen molar-refractivity contribution >= 4 is 22.8 Å². The van der Waals surface area contributed by atoms with Gasteiger partial charge in [0, 0.05) is 93.4 Å². The summed E-state index contributed by atoms with van der Waals surface area (Å²) in [4.78, 5) is 22.0. The molecule has 3 saturated heterocycles. The van der Waals surface area contributed by atoms with E-state index in [0.717, 1.165) is 44.5 Å². The first kappa shape index (κ1) is 22.2. The Morgan fingerprint density at radius 1 is 0.917 bits per heavy atom. The molecule has 5 heterocycles. The first-order valence-electron chi connectivity index (χ1n) is 13.6. The lowest BCUT2D eigenvalue weighted by atomic mass is 9.72. The number of carbonyl (C=O) groups excluding carboxylic acids is 1. The van der Waals surface area contributed by atoms with Crippen LogP contribution >= 0.6 is 0 Å². The van der Waals surface area contributed by atoms with E-state index >= 15 is 0 Å². The van der Waals surface area contributed by atoms with Gasteiger partial charge in [0.2, 0.25) is 5.91 Å². The molecule has 0 N–H and O–H groups in total. The predicted octanol–water partition coefficient (Wildman–Crippen LogP) is 3.59. The first-order valence-corrected chi connectivity index (χ1v) is 13.6. The molecule has 1 aliphatic carbocycles. The molecule has 1 saturated carbocycles. The van der Waals surface area contributed by atoms with Crippen LogP contribution in [-0.2, 0) is 4.79 Å². The summed E-state index contributed by atoms with van der Waals surface area (Å²) in [5.74, 6) is 0.668. The second-order valence-electron chi connectivity index (χ2n) is 11.8. The summed E-state index contributed by atoms with van der Waals surface area (Å²) in [6.45, 7) is 12.8. The van der Waals surface area contributed by atoms with Crippen LogP contribution in [0.3, 0.4) is 0 Å². The highest BCUT2D eigenvalue weighted by molar-refractivity contribution is 5.82. The molecule has 7 heteroatoms. The Labute approximate surface area is 213 Å². The standard InChI is InChI=1S/C29H36N6O/c1-21(2)33-17-29(18-33)19-34(20-29)25-7-5-22(6-8-25)24-15-27-26(9-10-30-35(27)16-24)31-11-13-32(14-12-31)28(36)23-3-4-23/h5-10,15-16,21,23H,3-4,11-14,17-20H2,1-2H3. The second kappa shape index (κ2) is 8.23. The molecule has 2 aromatic heterocycles. The van der Waals surface area contributed by atoms with E-state index in [2.05, 4.69) is 81.1 Å². The summed E-state index contributed by atoms with van der Waals surface area (Å²) in [7, 11) is 0. The van der Waals surface area contributed by atoms with Crippen molar-refractivity contribution in [1.29, 1.82) is 0 Å². The summed E-state index contributed by atoms with van der Waals surface area (Å²) in [6, 6.07) is 14.1. The van der Waals surface area contributed by atoms with Crippen LogP contribution in [0.4, 0.5) is 11.4 Å². The van der Waals surface area contributed by atoms with Crippen LogP contribution in [0.5, 0.6) is 0 Å². The summed E-state index contributed by atoms with van der Waals surface area (Å²) in [5.41, 5.74) is 6.60. The SMILES string of the molecule is CC(C)N1CC2(CN(c3ccc(-c4cc5c(N6CCN(C(=O)C7CC7)CC6)ccnn5c4)cc3)C2)C1. The number of anilines is 2. The number of carbonyl (C=O) groups is 1. The third kappa shape index (κ3) is 3.76.